The minimum Gasteiger partial charge on any atom is -0.496 e. The minimum atomic E-state index is 0.158. The van der Waals surface area contributed by atoms with Crippen molar-refractivity contribution >= 4 is 15.9 Å². The number of ether oxygens (including phenoxy) is 1. The van der Waals surface area contributed by atoms with E-state index in [-0.39, 0.29) is 6.04 Å². The van der Waals surface area contributed by atoms with Crippen LogP contribution < -0.4 is 15.8 Å². The largest absolute Gasteiger partial charge is 0.496 e. The van der Waals surface area contributed by atoms with Gasteiger partial charge in [0, 0.05) is 28.7 Å². The summed E-state index contributed by atoms with van der Waals surface area (Å²) in [6, 6.07) is 6.85. The highest BCUT2D eigenvalue weighted by Crippen LogP contribution is 2.29. The van der Waals surface area contributed by atoms with Gasteiger partial charge in [0.05, 0.1) is 7.11 Å². The van der Waals surface area contributed by atoms with Gasteiger partial charge in [-0.05, 0) is 31.0 Å². The molecule has 1 atom stereocenters. The third-order valence-corrected chi connectivity index (χ3v) is 4.59. The summed E-state index contributed by atoms with van der Waals surface area (Å²) in [5.41, 5.74) is 7.15. The van der Waals surface area contributed by atoms with Crippen molar-refractivity contribution in [3.63, 3.8) is 0 Å². The van der Waals surface area contributed by atoms with Crippen LogP contribution in [0.25, 0.3) is 0 Å². The van der Waals surface area contributed by atoms with Crippen molar-refractivity contribution in [2.45, 2.75) is 50.6 Å². The predicted molar refractivity (Wildman–Crippen MR) is 87.1 cm³/mol. The van der Waals surface area contributed by atoms with Crippen molar-refractivity contribution in [1.29, 1.82) is 0 Å². The molecular formula is C16H25BrN2O. The lowest BCUT2D eigenvalue weighted by Crippen LogP contribution is -2.36. The predicted octanol–water partition coefficient (Wildman–Crippen LogP) is 3.77. The first-order valence-electron chi connectivity index (χ1n) is 7.54. The monoisotopic (exact) mass is 340 g/mol. The van der Waals surface area contributed by atoms with E-state index in [0.29, 0.717) is 12.6 Å². The molecule has 0 aliphatic heterocycles. The second kappa shape index (κ2) is 8.01. The van der Waals surface area contributed by atoms with Gasteiger partial charge in [0.15, 0.2) is 0 Å². The van der Waals surface area contributed by atoms with Gasteiger partial charge in [0.2, 0.25) is 0 Å². The van der Waals surface area contributed by atoms with Crippen LogP contribution in [0.5, 0.6) is 5.75 Å². The number of benzene rings is 1. The molecule has 1 aliphatic rings. The Balaban J connectivity index is 2.12. The number of hydrogen-bond donors (Lipinski definition) is 2. The Morgan fingerprint density at radius 2 is 2.00 bits per heavy atom. The van der Waals surface area contributed by atoms with E-state index >= 15 is 0 Å². The van der Waals surface area contributed by atoms with Crippen molar-refractivity contribution < 1.29 is 4.74 Å². The van der Waals surface area contributed by atoms with Gasteiger partial charge >= 0.3 is 0 Å². The van der Waals surface area contributed by atoms with E-state index in [4.69, 9.17) is 10.5 Å². The van der Waals surface area contributed by atoms with E-state index in [2.05, 4.69) is 27.3 Å². The fourth-order valence-electron chi connectivity index (χ4n) is 2.99. The van der Waals surface area contributed by atoms with Crippen LogP contribution >= 0.6 is 15.9 Å². The fourth-order valence-corrected chi connectivity index (χ4v) is 3.37. The summed E-state index contributed by atoms with van der Waals surface area (Å²) in [6.45, 7) is 0.587. The molecule has 0 aromatic heterocycles. The molecule has 0 spiro atoms. The van der Waals surface area contributed by atoms with Crippen LogP contribution in [-0.2, 0) is 0 Å². The Morgan fingerprint density at radius 3 is 2.60 bits per heavy atom. The third kappa shape index (κ3) is 4.21. The van der Waals surface area contributed by atoms with Crippen LogP contribution in [0.15, 0.2) is 22.7 Å². The zero-order valence-corrected chi connectivity index (χ0v) is 13.8. The van der Waals surface area contributed by atoms with Gasteiger partial charge in [-0.2, -0.15) is 0 Å². The normalized spacial score (nSPS) is 18.6. The number of nitrogens with two attached hydrogens (primary N) is 1. The van der Waals surface area contributed by atoms with Gasteiger partial charge in [0.25, 0.3) is 0 Å². The van der Waals surface area contributed by atoms with Gasteiger partial charge in [-0.15, -0.1) is 0 Å². The van der Waals surface area contributed by atoms with Gasteiger partial charge < -0.3 is 15.8 Å². The lowest BCUT2D eigenvalue weighted by Gasteiger charge is -2.25. The summed E-state index contributed by atoms with van der Waals surface area (Å²) in [7, 11) is 1.71. The van der Waals surface area contributed by atoms with Crippen molar-refractivity contribution in [2.24, 2.45) is 5.73 Å². The van der Waals surface area contributed by atoms with Crippen LogP contribution in [0.4, 0.5) is 0 Å². The smallest absolute Gasteiger partial charge is 0.123 e. The molecule has 3 N–H and O–H groups in total. The molecule has 0 radical (unpaired) electrons. The Morgan fingerprint density at radius 1 is 1.30 bits per heavy atom. The molecule has 4 heteroatoms. The molecule has 1 unspecified atom stereocenters. The van der Waals surface area contributed by atoms with Crippen LogP contribution in [0.3, 0.4) is 0 Å². The van der Waals surface area contributed by atoms with Crippen LogP contribution in [0.1, 0.15) is 50.1 Å². The van der Waals surface area contributed by atoms with Crippen molar-refractivity contribution in [1.82, 2.24) is 5.32 Å². The Bertz CT molecular complexity index is 417. The van der Waals surface area contributed by atoms with Crippen LogP contribution in [-0.4, -0.2) is 19.7 Å². The summed E-state index contributed by atoms with van der Waals surface area (Å²) in [4.78, 5) is 0. The first kappa shape index (κ1) is 15.8. The summed E-state index contributed by atoms with van der Waals surface area (Å²) >= 11 is 3.54. The number of methoxy groups -OCH3 is 1. The maximum Gasteiger partial charge on any atom is 0.123 e. The maximum absolute atomic E-state index is 6.00. The standard InChI is InChI=1S/C16H25BrN2O/c1-20-16-9-8-12(17)10-14(16)15(11-18)19-13-6-4-2-3-5-7-13/h8-10,13,15,19H,2-7,11,18H2,1H3. The van der Waals surface area contributed by atoms with Gasteiger partial charge in [0.1, 0.15) is 5.75 Å². The number of rotatable bonds is 5. The average molecular weight is 341 g/mol. The highest BCUT2D eigenvalue weighted by Gasteiger charge is 2.20. The second-order valence-corrected chi connectivity index (χ2v) is 6.45. The van der Waals surface area contributed by atoms with E-state index in [1.54, 1.807) is 7.11 Å². The lowest BCUT2D eigenvalue weighted by molar-refractivity contribution is 0.374. The number of hydrogen-bond acceptors (Lipinski definition) is 3. The molecule has 3 nitrogen and oxygen atoms in total. The molecule has 0 bridgehead atoms. The van der Waals surface area contributed by atoms with Gasteiger partial charge in [-0.25, -0.2) is 0 Å². The van der Waals surface area contributed by atoms with Crippen molar-refractivity contribution in [3.05, 3.63) is 28.2 Å². The topological polar surface area (TPSA) is 47.3 Å². The van der Waals surface area contributed by atoms with Gasteiger partial charge in [-0.3, -0.25) is 0 Å². The first-order chi connectivity index (χ1) is 9.74. The third-order valence-electron chi connectivity index (χ3n) is 4.09. The molecule has 112 valence electrons. The van der Waals surface area contributed by atoms with E-state index in [1.165, 1.54) is 38.5 Å². The molecule has 1 aromatic carbocycles. The van der Waals surface area contributed by atoms with Gasteiger partial charge in [-0.1, -0.05) is 41.6 Å². The number of nitrogens with one attached hydrogen (secondary N) is 1. The molecule has 2 rings (SSSR count). The Labute approximate surface area is 130 Å². The SMILES string of the molecule is COc1ccc(Br)cc1C(CN)NC1CCCCCC1. The zero-order chi connectivity index (χ0) is 14.4. The fraction of sp³-hybridized carbons (Fsp3) is 0.625. The Kier molecular flexibility index (Phi) is 6.33. The van der Waals surface area contributed by atoms with Crippen molar-refractivity contribution in [2.75, 3.05) is 13.7 Å². The zero-order valence-electron chi connectivity index (χ0n) is 12.2. The molecular weight excluding hydrogens is 316 g/mol. The van der Waals surface area contributed by atoms with Crippen LogP contribution in [0.2, 0.25) is 0 Å². The summed E-state index contributed by atoms with van der Waals surface area (Å²) < 4.78 is 6.54. The molecule has 0 amide bonds. The maximum atomic E-state index is 6.00. The van der Waals surface area contributed by atoms with Crippen molar-refractivity contribution in [3.8, 4) is 5.75 Å². The first-order valence-corrected chi connectivity index (χ1v) is 8.33. The van der Waals surface area contributed by atoms with E-state index < -0.39 is 0 Å². The van der Waals surface area contributed by atoms with Crippen LogP contribution in [0, 0.1) is 0 Å². The summed E-state index contributed by atoms with van der Waals surface area (Å²) in [5, 5.41) is 3.74. The number of halogens is 1. The molecule has 1 aromatic rings. The lowest BCUT2D eigenvalue weighted by atomic mass is 10.0. The van der Waals surface area contributed by atoms with E-state index in [9.17, 15) is 0 Å². The minimum absolute atomic E-state index is 0.158. The summed E-state index contributed by atoms with van der Waals surface area (Å²) in [5.74, 6) is 0.907. The molecule has 1 aliphatic carbocycles. The molecule has 20 heavy (non-hydrogen) atoms. The molecule has 0 saturated heterocycles. The van der Waals surface area contributed by atoms with E-state index in [0.717, 1.165) is 15.8 Å². The summed E-state index contributed by atoms with van der Waals surface area (Å²) in [6.07, 6.45) is 7.89. The molecule has 0 heterocycles. The second-order valence-electron chi connectivity index (χ2n) is 5.53. The quantitative estimate of drug-likeness (QED) is 0.802. The average Bonchev–Trinajstić information content (AvgIpc) is 2.73. The Hall–Kier alpha value is -0.580. The highest BCUT2D eigenvalue weighted by atomic mass is 79.9. The molecule has 1 saturated carbocycles. The molecule has 1 fully saturated rings. The highest BCUT2D eigenvalue weighted by molar-refractivity contribution is 9.10. The van der Waals surface area contributed by atoms with E-state index in [1.807, 2.05) is 12.1 Å².